The second-order valence-corrected chi connectivity index (χ2v) is 29.9. The van der Waals surface area contributed by atoms with Gasteiger partial charge in [0.2, 0.25) is 0 Å². The van der Waals surface area contributed by atoms with Crippen LogP contribution in [0.25, 0.3) is 133 Å². The summed E-state index contributed by atoms with van der Waals surface area (Å²) in [4.78, 5) is 11.3. The SMILES string of the molecule is CC(C)(C)c1cc(-c2ccc3c4c2c2cc(-c5ccccc5)ccc2n4-c2cc(-c4nc(-c5ccccc5)cc(-c5ccccc5)n4)cc4c2B3c2ccc(-c3cc(C(C)(C)C)cc(C(C)(C)C)c3)c3c5cc(-c6ccccc6)ccc5n-4c23)cc(C(C)(C)C)c1. The first-order chi connectivity index (χ1) is 43.6. The minimum atomic E-state index is -0.142. The zero-order valence-corrected chi connectivity index (χ0v) is 54.4. The first kappa shape index (κ1) is 56.4. The van der Waals surface area contributed by atoms with Gasteiger partial charge in [0.1, 0.15) is 0 Å². The molecule has 442 valence electrons. The van der Waals surface area contributed by atoms with E-state index < -0.39 is 0 Å². The van der Waals surface area contributed by atoms with E-state index in [0.717, 1.165) is 50.5 Å². The highest BCUT2D eigenvalue weighted by atomic mass is 15.0. The molecule has 2 aliphatic heterocycles. The van der Waals surface area contributed by atoms with Gasteiger partial charge in [0, 0.05) is 60.6 Å². The molecule has 4 nitrogen and oxygen atoms in total. The summed E-state index contributed by atoms with van der Waals surface area (Å²) in [6.45, 7) is 28.1. The van der Waals surface area contributed by atoms with Gasteiger partial charge in [-0.15, -0.1) is 0 Å². The highest BCUT2D eigenvalue weighted by molar-refractivity contribution is 7.00. The summed E-state index contributed by atoms with van der Waals surface area (Å²) >= 11 is 0. The maximum atomic E-state index is 5.63. The molecule has 0 radical (unpaired) electrons. The van der Waals surface area contributed by atoms with Crippen molar-refractivity contribution in [1.82, 2.24) is 19.1 Å². The maximum absolute atomic E-state index is 5.63. The molecule has 16 rings (SSSR count). The van der Waals surface area contributed by atoms with Gasteiger partial charge in [0.25, 0.3) is 6.71 Å². The van der Waals surface area contributed by atoms with E-state index >= 15 is 0 Å². The van der Waals surface area contributed by atoms with Gasteiger partial charge < -0.3 is 9.13 Å². The number of benzene rings is 11. The van der Waals surface area contributed by atoms with E-state index in [0.29, 0.717) is 5.82 Å². The fourth-order valence-corrected chi connectivity index (χ4v) is 14.7. The van der Waals surface area contributed by atoms with Crippen LogP contribution < -0.4 is 16.4 Å². The van der Waals surface area contributed by atoms with Crippen LogP contribution in [0.3, 0.4) is 0 Å². The van der Waals surface area contributed by atoms with Gasteiger partial charge in [-0.05, 0) is 147 Å². The molecule has 0 N–H and O–H groups in total. The topological polar surface area (TPSA) is 35.6 Å². The molecule has 0 fully saturated rings. The van der Waals surface area contributed by atoms with Crippen molar-refractivity contribution in [1.29, 1.82) is 0 Å². The molecule has 0 saturated heterocycles. The predicted molar refractivity (Wildman–Crippen MR) is 388 cm³/mol. The number of hydrogen-bond acceptors (Lipinski definition) is 2. The highest BCUT2D eigenvalue weighted by Crippen LogP contribution is 2.48. The first-order valence-corrected chi connectivity index (χ1v) is 32.5. The molecule has 91 heavy (non-hydrogen) atoms. The molecule has 0 bridgehead atoms. The maximum Gasteiger partial charge on any atom is 0.252 e. The van der Waals surface area contributed by atoms with Crippen LogP contribution in [-0.4, -0.2) is 25.8 Å². The predicted octanol–water partition coefficient (Wildman–Crippen LogP) is 20.7. The smallest absolute Gasteiger partial charge is 0.252 e. The Morgan fingerprint density at radius 1 is 0.297 bits per heavy atom. The van der Waals surface area contributed by atoms with E-state index in [-0.39, 0.29) is 28.4 Å². The Bertz CT molecular complexity index is 4900. The number of fused-ring (bicyclic) bond motifs is 10. The normalized spacial score (nSPS) is 13.0. The van der Waals surface area contributed by atoms with E-state index in [1.54, 1.807) is 0 Å². The lowest BCUT2D eigenvalue weighted by Crippen LogP contribution is -2.59. The Morgan fingerprint density at radius 3 is 1.00 bits per heavy atom. The van der Waals surface area contributed by atoms with Crippen LogP contribution >= 0.6 is 0 Å². The minimum Gasteiger partial charge on any atom is -0.310 e. The van der Waals surface area contributed by atoms with Crippen molar-refractivity contribution in [3.8, 4) is 89.8 Å². The molecule has 0 unspecified atom stereocenters. The van der Waals surface area contributed by atoms with Crippen LogP contribution in [0.1, 0.15) is 105 Å². The third-order valence-corrected chi connectivity index (χ3v) is 19.7. The number of aromatic nitrogens is 4. The van der Waals surface area contributed by atoms with Crippen LogP contribution in [0.15, 0.2) is 237 Å². The van der Waals surface area contributed by atoms with Gasteiger partial charge in [0.15, 0.2) is 5.82 Å². The Kier molecular flexibility index (Phi) is 12.6. The van der Waals surface area contributed by atoms with E-state index in [1.807, 2.05) is 0 Å². The quantitative estimate of drug-likeness (QED) is 0.149. The fourth-order valence-electron chi connectivity index (χ4n) is 14.7. The molecule has 0 saturated carbocycles. The molecule has 3 aromatic heterocycles. The van der Waals surface area contributed by atoms with Gasteiger partial charge in [-0.25, -0.2) is 9.97 Å². The molecular weight excluding hydrogens is 1100 g/mol. The zero-order valence-electron chi connectivity index (χ0n) is 54.4. The molecular formula is C86H75BN4. The molecule has 0 amide bonds. The second kappa shape index (κ2) is 20.3. The molecule has 11 aromatic carbocycles. The molecule has 5 heteroatoms. The lowest BCUT2D eigenvalue weighted by Gasteiger charge is -2.34. The van der Waals surface area contributed by atoms with Gasteiger partial charge >= 0.3 is 0 Å². The zero-order chi connectivity index (χ0) is 62.6. The van der Waals surface area contributed by atoms with E-state index in [2.05, 4.69) is 329 Å². The van der Waals surface area contributed by atoms with Crippen molar-refractivity contribution < 1.29 is 0 Å². The molecule has 0 spiro atoms. The Labute approximate surface area is 536 Å². The lowest BCUT2D eigenvalue weighted by molar-refractivity contribution is 0.568. The van der Waals surface area contributed by atoms with Crippen LogP contribution in [0, 0.1) is 0 Å². The number of nitrogens with zero attached hydrogens (tertiary/aromatic N) is 4. The van der Waals surface area contributed by atoms with Crippen molar-refractivity contribution in [2.75, 3.05) is 0 Å². The summed E-state index contributed by atoms with van der Waals surface area (Å²) in [5, 5.41) is 4.99. The summed E-state index contributed by atoms with van der Waals surface area (Å²) < 4.78 is 5.27. The van der Waals surface area contributed by atoms with Crippen molar-refractivity contribution in [2.45, 2.75) is 105 Å². The fraction of sp³-hybridized carbons (Fsp3) is 0.186. The molecule has 2 aliphatic rings. The van der Waals surface area contributed by atoms with E-state index in [4.69, 9.17) is 9.97 Å². The average molecular weight is 1180 g/mol. The number of rotatable bonds is 7. The third kappa shape index (κ3) is 9.25. The second-order valence-electron chi connectivity index (χ2n) is 29.9. The minimum absolute atomic E-state index is 0.0800. The van der Waals surface area contributed by atoms with Gasteiger partial charge in [-0.2, -0.15) is 0 Å². The van der Waals surface area contributed by atoms with Gasteiger partial charge in [-0.3, -0.25) is 0 Å². The highest BCUT2D eigenvalue weighted by Gasteiger charge is 2.43. The summed E-state index contributed by atoms with van der Waals surface area (Å²) in [7, 11) is 0. The van der Waals surface area contributed by atoms with Crippen LogP contribution in [0.4, 0.5) is 0 Å². The number of hydrogen-bond donors (Lipinski definition) is 0. The first-order valence-electron chi connectivity index (χ1n) is 32.5. The monoisotopic (exact) mass is 1170 g/mol. The summed E-state index contributed by atoms with van der Waals surface area (Å²) in [5.41, 5.74) is 30.5. The van der Waals surface area contributed by atoms with Crippen molar-refractivity contribution >= 4 is 66.7 Å². The van der Waals surface area contributed by atoms with Crippen molar-refractivity contribution in [2.24, 2.45) is 0 Å². The summed E-state index contributed by atoms with van der Waals surface area (Å²) in [5.74, 6) is 0.676. The standard InChI is InChI=1S/C86H75BN4/c1-83(2,3)61-41-58(42-62(49-61)84(4,5)6)65-35-37-69-80-77(65)67-45-56(52-25-17-13-18-26-52)33-39-73(67)90(80)75-47-60(82-88-71(54-29-21-15-22-30-54)51-72(89-82)55-31-23-16-24-32-55)48-76-79(75)87(69)70-38-36-66(59-43-63(85(7,8)9)50-64(44-59)86(10,11)12)78-68-46-57(53-27-19-14-20-28-53)34-40-74(68)91(76)81(70)78/h13-51H,1-12H3. The van der Waals surface area contributed by atoms with Gasteiger partial charge in [-0.1, -0.05) is 277 Å². The Hall–Kier alpha value is -9.84. The summed E-state index contributed by atoms with van der Waals surface area (Å²) in [6, 6.07) is 89.2. The molecule has 0 atom stereocenters. The van der Waals surface area contributed by atoms with Crippen LogP contribution in [0.5, 0.6) is 0 Å². The van der Waals surface area contributed by atoms with E-state index in [9.17, 15) is 0 Å². The third-order valence-electron chi connectivity index (χ3n) is 19.7. The van der Waals surface area contributed by atoms with Crippen molar-refractivity contribution in [3.05, 3.63) is 259 Å². The summed E-state index contributed by atoms with van der Waals surface area (Å²) in [6.07, 6.45) is 0. The molecule has 0 aliphatic carbocycles. The van der Waals surface area contributed by atoms with Crippen LogP contribution in [0.2, 0.25) is 0 Å². The van der Waals surface area contributed by atoms with E-state index in [1.165, 1.54) is 116 Å². The largest absolute Gasteiger partial charge is 0.310 e. The van der Waals surface area contributed by atoms with Gasteiger partial charge in [0.05, 0.1) is 22.4 Å². The Morgan fingerprint density at radius 2 is 0.648 bits per heavy atom. The lowest BCUT2D eigenvalue weighted by atomic mass is 9.34. The Balaban J connectivity index is 1.09. The molecule has 5 heterocycles. The average Bonchev–Trinajstić information content (AvgIpc) is 1.57. The van der Waals surface area contributed by atoms with Crippen molar-refractivity contribution in [3.63, 3.8) is 0 Å². The van der Waals surface area contributed by atoms with Crippen LogP contribution in [-0.2, 0) is 21.7 Å². The molecule has 14 aromatic rings.